The summed E-state index contributed by atoms with van der Waals surface area (Å²) in [5.41, 5.74) is 0.656. The highest BCUT2D eigenvalue weighted by molar-refractivity contribution is 9.10. The van der Waals surface area contributed by atoms with Crippen LogP contribution in [0.5, 0.6) is 11.5 Å². The summed E-state index contributed by atoms with van der Waals surface area (Å²) in [7, 11) is 1.28. The lowest BCUT2D eigenvalue weighted by atomic mass is 10.1. The first-order chi connectivity index (χ1) is 13.3. The van der Waals surface area contributed by atoms with Gasteiger partial charge in [0.05, 0.1) is 18.6 Å². The summed E-state index contributed by atoms with van der Waals surface area (Å²) in [4.78, 5) is 37.8. The van der Waals surface area contributed by atoms with Gasteiger partial charge in [-0.3, -0.25) is 14.5 Å². The SMILES string of the molecule is CCOc1cc(C=C2SC(=O)N(C(C)CC)C2=O)c(Br)cc1OCC(=O)OC. The van der Waals surface area contributed by atoms with Gasteiger partial charge in [0.25, 0.3) is 11.1 Å². The van der Waals surface area contributed by atoms with E-state index >= 15 is 0 Å². The van der Waals surface area contributed by atoms with Gasteiger partial charge in [0.2, 0.25) is 0 Å². The number of carbonyl (C=O) groups excluding carboxylic acids is 3. The van der Waals surface area contributed by atoms with Gasteiger partial charge in [-0.2, -0.15) is 0 Å². The van der Waals surface area contributed by atoms with Gasteiger partial charge in [0.15, 0.2) is 18.1 Å². The lowest BCUT2D eigenvalue weighted by molar-refractivity contribution is -0.143. The fourth-order valence-corrected chi connectivity index (χ4v) is 3.78. The van der Waals surface area contributed by atoms with Crippen LogP contribution in [-0.2, 0) is 14.3 Å². The van der Waals surface area contributed by atoms with Crippen LogP contribution >= 0.6 is 27.7 Å². The van der Waals surface area contributed by atoms with Crippen molar-refractivity contribution in [2.75, 3.05) is 20.3 Å². The first-order valence-corrected chi connectivity index (χ1v) is 10.4. The zero-order valence-electron chi connectivity index (χ0n) is 16.1. The number of imide groups is 1. The molecule has 2 rings (SSSR count). The molecule has 1 atom stereocenters. The third-order valence-electron chi connectivity index (χ3n) is 4.08. The van der Waals surface area contributed by atoms with E-state index in [2.05, 4.69) is 20.7 Å². The van der Waals surface area contributed by atoms with Crippen LogP contribution in [0.15, 0.2) is 21.5 Å². The molecule has 1 heterocycles. The summed E-state index contributed by atoms with van der Waals surface area (Å²) in [5, 5.41) is -0.273. The predicted molar refractivity (Wildman–Crippen MR) is 110 cm³/mol. The molecule has 1 saturated heterocycles. The van der Waals surface area contributed by atoms with Crippen LogP contribution in [0.1, 0.15) is 32.8 Å². The van der Waals surface area contributed by atoms with Crippen LogP contribution in [0, 0.1) is 0 Å². The van der Waals surface area contributed by atoms with E-state index in [1.165, 1.54) is 12.0 Å². The minimum absolute atomic E-state index is 0.157. The van der Waals surface area contributed by atoms with Gasteiger partial charge in [0, 0.05) is 10.5 Å². The fraction of sp³-hybridized carbons (Fsp3) is 0.421. The molecule has 0 spiro atoms. The van der Waals surface area contributed by atoms with Crippen LogP contribution in [0.3, 0.4) is 0 Å². The maximum Gasteiger partial charge on any atom is 0.343 e. The summed E-state index contributed by atoms with van der Waals surface area (Å²) < 4.78 is 16.3. The fourth-order valence-electron chi connectivity index (χ4n) is 2.42. The van der Waals surface area contributed by atoms with Gasteiger partial charge < -0.3 is 14.2 Å². The summed E-state index contributed by atoms with van der Waals surface area (Å²) >= 11 is 4.36. The van der Waals surface area contributed by atoms with Crippen molar-refractivity contribution in [3.63, 3.8) is 0 Å². The Balaban J connectivity index is 2.34. The predicted octanol–water partition coefficient (Wildman–Crippen LogP) is 4.23. The van der Waals surface area contributed by atoms with E-state index in [4.69, 9.17) is 9.47 Å². The third-order valence-corrected chi connectivity index (χ3v) is 5.65. The van der Waals surface area contributed by atoms with Crippen molar-refractivity contribution in [2.45, 2.75) is 33.2 Å². The Morgan fingerprint density at radius 1 is 1.25 bits per heavy atom. The first-order valence-electron chi connectivity index (χ1n) is 8.75. The third kappa shape index (κ3) is 5.08. The lowest BCUT2D eigenvalue weighted by Crippen LogP contribution is -2.36. The van der Waals surface area contributed by atoms with E-state index in [0.29, 0.717) is 39.5 Å². The number of amides is 2. The van der Waals surface area contributed by atoms with Crippen LogP contribution in [0.25, 0.3) is 6.08 Å². The van der Waals surface area contributed by atoms with Crippen molar-refractivity contribution in [3.8, 4) is 11.5 Å². The van der Waals surface area contributed by atoms with Crippen molar-refractivity contribution in [2.24, 2.45) is 0 Å². The second kappa shape index (κ2) is 9.97. The molecule has 28 heavy (non-hydrogen) atoms. The van der Waals surface area contributed by atoms with Gasteiger partial charge in [-0.25, -0.2) is 4.79 Å². The summed E-state index contributed by atoms with van der Waals surface area (Å²) in [5.74, 6) is -0.0346. The largest absolute Gasteiger partial charge is 0.490 e. The molecule has 1 aromatic carbocycles. The average Bonchev–Trinajstić information content (AvgIpc) is 2.95. The molecule has 0 aromatic heterocycles. The van der Waals surface area contributed by atoms with Gasteiger partial charge in [0.1, 0.15) is 0 Å². The topological polar surface area (TPSA) is 82.1 Å². The molecular formula is C19H22BrNO6S. The maximum atomic E-state index is 12.6. The molecular weight excluding hydrogens is 450 g/mol. The monoisotopic (exact) mass is 471 g/mol. The molecule has 0 bridgehead atoms. The number of rotatable bonds is 8. The highest BCUT2D eigenvalue weighted by Crippen LogP contribution is 2.38. The van der Waals surface area contributed by atoms with Crippen molar-refractivity contribution < 1.29 is 28.6 Å². The molecule has 152 valence electrons. The Morgan fingerprint density at radius 3 is 2.54 bits per heavy atom. The minimum Gasteiger partial charge on any atom is -0.490 e. The van der Waals surface area contributed by atoms with Crippen molar-refractivity contribution in [1.82, 2.24) is 4.90 Å². The number of esters is 1. The normalized spacial score (nSPS) is 16.5. The molecule has 7 nitrogen and oxygen atoms in total. The van der Waals surface area contributed by atoms with E-state index in [9.17, 15) is 14.4 Å². The Hall–Kier alpha value is -2.00. The second-order valence-electron chi connectivity index (χ2n) is 5.93. The smallest absolute Gasteiger partial charge is 0.343 e. The first kappa shape index (κ1) is 22.3. The standard InChI is InChI=1S/C19H22BrNO6S/c1-5-11(3)21-18(23)16(28-19(21)24)8-12-7-14(26-6-2)15(9-13(12)20)27-10-17(22)25-4/h7-9,11H,5-6,10H2,1-4H3. The highest BCUT2D eigenvalue weighted by atomic mass is 79.9. The van der Waals surface area contributed by atoms with Crippen LogP contribution < -0.4 is 9.47 Å². The lowest BCUT2D eigenvalue weighted by Gasteiger charge is -2.19. The number of thioether (sulfide) groups is 1. The second-order valence-corrected chi connectivity index (χ2v) is 7.77. The van der Waals surface area contributed by atoms with Crippen molar-refractivity contribution in [1.29, 1.82) is 0 Å². The van der Waals surface area contributed by atoms with Crippen LogP contribution in [0.2, 0.25) is 0 Å². The molecule has 1 fully saturated rings. The summed E-state index contributed by atoms with van der Waals surface area (Å²) in [6, 6.07) is 3.19. The molecule has 9 heteroatoms. The van der Waals surface area contributed by atoms with Crippen molar-refractivity contribution in [3.05, 3.63) is 27.1 Å². The van der Waals surface area contributed by atoms with Crippen LogP contribution in [-0.4, -0.2) is 48.4 Å². The number of hydrogen-bond acceptors (Lipinski definition) is 7. The summed E-state index contributed by atoms with van der Waals surface area (Å²) in [6.45, 7) is 5.73. The Labute approximate surface area is 176 Å². The van der Waals surface area contributed by atoms with Crippen molar-refractivity contribution >= 4 is 50.9 Å². The minimum atomic E-state index is -0.513. The molecule has 0 saturated carbocycles. The van der Waals surface area contributed by atoms with Gasteiger partial charge in [-0.15, -0.1) is 0 Å². The quantitative estimate of drug-likeness (QED) is 0.414. The van der Waals surface area contributed by atoms with E-state index < -0.39 is 5.97 Å². The number of benzene rings is 1. The van der Waals surface area contributed by atoms with Gasteiger partial charge in [-0.1, -0.05) is 22.9 Å². The molecule has 1 aromatic rings. The van der Waals surface area contributed by atoms with Gasteiger partial charge in [-0.05, 0) is 55.8 Å². The number of hydrogen-bond donors (Lipinski definition) is 0. The molecule has 2 amide bonds. The summed E-state index contributed by atoms with van der Waals surface area (Å²) in [6.07, 6.45) is 2.33. The van der Waals surface area contributed by atoms with Crippen LogP contribution in [0.4, 0.5) is 4.79 Å². The Morgan fingerprint density at radius 2 is 1.93 bits per heavy atom. The molecule has 1 unspecified atom stereocenters. The molecule has 1 aliphatic heterocycles. The maximum absolute atomic E-state index is 12.6. The Bertz CT molecular complexity index is 810. The Kier molecular flexibility index (Phi) is 7.94. The van der Waals surface area contributed by atoms with E-state index in [-0.39, 0.29) is 23.8 Å². The highest BCUT2D eigenvalue weighted by Gasteiger charge is 2.37. The van der Waals surface area contributed by atoms with Gasteiger partial charge >= 0.3 is 5.97 Å². The zero-order valence-corrected chi connectivity index (χ0v) is 18.5. The number of halogens is 1. The van der Waals surface area contributed by atoms with E-state index in [0.717, 1.165) is 11.8 Å². The average molecular weight is 472 g/mol. The van der Waals surface area contributed by atoms with E-state index in [1.807, 2.05) is 20.8 Å². The molecule has 0 N–H and O–H groups in total. The number of ether oxygens (including phenoxy) is 3. The molecule has 0 radical (unpaired) electrons. The zero-order chi connectivity index (χ0) is 20.8. The number of methoxy groups -OCH3 is 1. The molecule has 1 aliphatic rings. The van der Waals surface area contributed by atoms with E-state index in [1.54, 1.807) is 18.2 Å². The number of nitrogens with zero attached hydrogens (tertiary/aromatic N) is 1. The molecule has 0 aliphatic carbocycles. The number of carbonyl (C=O) groups is 3.